The van der Waals surface area contributed by atoms with E-state index in [2.05, 4.69) is 20.8 Å². The maximum Gasteiger partial charge on any atom is 0.270 e. The van der Waals surface area contributed by atoms with Crippen molar-refractivity contribution >= 4 is 11.6 Å². The Morgan fingerprint density at radius 1 is 1.42 bits per heavy atom. The van der Waals surface area contributed by atoms with Crippen molar-refractivity contribution in [2.45, 2.75) is 46.1 Å². The number of nitrogens with zero attached hydrogens (tertiary/aromatic N) is 2. The van der Waals surface area contributed by atoms with Gasteiger partial charge in [0.05, 0.1) is 5.69 Å². The fraction of sp³-hybridized carbons (Fsp3) is 0.667. The van der Waals surface area contributed by atoms with E-state index in [4.69, 9.17) is 5.73 Å². The average Bonchev–Trinajstić information content (AvgIpc) is 2.80. The van der Waals surface area contributed by atoms with Crippen LogP contribution < -0.4 is 5.73 Å². The summed E-state index contributed by atoms with van der Waals surface area (Å²) >= 11 is 0. The zero-order chi connectivity index (χ0) is 14.0. The Hall–Kier alpha value is -1.45. The summed E-state index contributed by atoms with van der Waals surface area (Å²) in [5, 5.41) is 0. The first-order chi connectivity index (χ1) is 9.02. The Morgan fingerprint density at radius 2 is 2.05 bits per heavy atom. The summed E-state index contributed by atoms with van der Waals surface area (Å²) in [6, 6.07) is 2.05. The molecule has 0 bridgehead atoms. The lowest BCUT2D eigenvalue weighted by Crippen LogP contribution is -2.39. The third-order valence-corrected chi connectivity index (χ3v) is 4.12. The zero-order valence-corrected chi connectivity index (χ0v) is 12.2. The molecule has 19 heavy (non-hydrogen) atoms. The second kappa shape index (κ2) is 5.68. The van der Waals surface area contributed by atoms with Crippen LogP contribution in [0.5, 0.6) is 0 Å². The Balaban J connectivity index is 2.12. The number of anilines is 1. The quantitative estimate of drug-likeness (QED) is 0.911. The number of aromatic nitrogens is 1. The molecule has 1 saturated heterocycles. The van der Waals surface area contributed by atoms with Crippen molar-refractivity contribution in [3.8, 4) is 0 Å². The van der Waals surface area contributed by atoms with Crippen LogP contribution in [0.25, 0.3) is 0 Å². The van der Waals surface area contributed by atoms with Gasteiger partial charge in [-0.2, -0.15) is 0 Å². The Kier molecular flexibility index (Phi) is 4.17. The fourth-order valence-corrected chi connectivity index (χ4v) is 2.81. The van der Waals surface area contributed by atoms with Crippen molar-refractivity contribution in [1.82, 2.24) is 9.47 Å². The molecule has 1 aromatic rings. The lowest BCUT2D eigenvalue weighted by Gasteiger charge is -2.32. The van der Waals surface area contributed by atoms with Gasteiger partial charge in [-0.05, 0) is 38.7 Å². The van der Waals surface area contributed by atoms with E-state index in [1.165, 1.54) is 6.42 Å². The highest BCUT2D eigenvalue weighted by Crippen LogP contribution is 2.23. The van der Waals surface area contributed by atoms with E-state index in [1.54, 1.807) is 6.07 Å². The van der Waals surface area contributed by atoms with Gasteiger partial charge < -0.3 is 15.2 Å². The van der Waals surface area contributed by atoms with Crippen LogP contribution in [0.3, 0.4) is 0 Å². The molecule has 0 aromatic carbocycles. The summed E-state index contributed by atoms with van der Waals surface area (Å²) in [7, 11) is 0. The highest BCUT2D eigenvalue weighted by atomic mass is 16.2. The average molecular weight is 263 g/mol. The summed E-state index contributed by atoms with van der Waals surface area (Å²) < 4.78 is 1.98. The lowest BCUT2D eigenvalue weighted by atomic mass is 9.94. The van der Waals surface area contributed by atoms with Crippen LogP contribution in [-0.2, 0) is 0 Å². The monoisotopic (exact) mass is 263 g/mol. The Morgan fingerprint density at radius 3 is 2.58 bits per heavy atom. The molecule has 4 heteroatoms. The molecule has 0 atom stereocenters. The summed E-state index contributed by atoms with van der Waals surface area (Å²) in [5.41, 5.74) is 7.23. The smallest absolute Gasteiger partial charge is 0.270 e. The summed E-state index contributed by atoms with van der Waals surface area (Å²) in [5.74, 6) is 0.908. The van der Waals surface area contributed by atoms with Gasteiger partial charge in [0, 0.05) is 25.3 Å². The summed E-state index contributed by atoms with van der Waals surface area (Å²) in [6.45, 7) is 8.12. The first kappa shape index (κ1) is 14.0. The lowest BCUT2D eigenvalue weighted by molar-refractivity contribution is 0.0676. The molecule has 0 aliphatic carbocycles. The molecule has 1 aliphatic heterocycles. The number of carbonyl (C=O) groups excluding carboxylic acids is 1. The van der Waals surface area contributed by atoms with Gasteiger partial charge in [-0.25, -0.2) is 0 Å². The van der Waals surface area contributed by atoms with Gasteiger partial charge in [0.15, 0.2) is 0 Å². The van der Waals surface area contributed by atoms with E-state index < -0.39 is 0 Å². The molecule has 2 rings (SSSR count). The number of rotatable bonds is 3. The molecule has 0 radical (unpaired) electrons. The van der Waals surface area contributed by atoms with Crippen LogP contribution in [0.1, 0.15) is 56.6 Å². The number of piperidine rings is 1. The minimum Gasteiger partial charge on any atom is -0.397 e. The van der Waals surface area contributed by atoms with Crippen LogP contribution in [0.2, 0.25) is 0 Å². The second-order valence-corrected chi connectivity index (χ2v) is 5.80. The molecule has 0 saturated carbocycles. The van der Waals surface area contributed by atoms with E-state index in [-0.39, 0.29) is 11.9 Å². The van der Waals surface area contributed by atoms with Crippen LogP contribution in [0.4, 0.5) is 5.69 Å². The normalized spacial score (nSPS) is 17.2. The molecule has 1 fully saturated rings. The predicted molar refractivity (Wildman–Crippen MR) is 78.1 cm³/mol. The fourth-order valence-electron chi connectivity index (χ4n) is 2.81. The molecule has 1 aromatic heterocycles. The van der Waals surface area contributed by atoms with E-state index in [9.17, 15) is 4.79 Å². The van der Waals surface area contributed by atoms with Crippen molar-refractivity contribution < 1.29 is 4.79 Å². The van der Waals surface area contributed by atoms with Gasteiger partial charge >= 0.3 is 0 Å². The summed E-state index contributed by atoms with van der Waals surface area (Å²) in [4.78, 5) is 14.6. The molecule has 2 N–H and O–H groups in total. The molecule has 0 unspecified atom stereocenters. The van der Waals surface area contributed by atoms with Crippen molar-refractivity contribution in [1.29, 1.82) is 0 Å². The van der Waals surface area contributed by atoms with Gasteiger partial charge in [-0.1, -0.05) is 13.3 Å². The van der Waals surface area contributed by atoms with Crippen LogP contribution in [-0.4, -0.2) is 28.5 Å². The molecule has 106 valence electrons. The van der Waals surface area contributed by atoms with Gasteiger partial charge in [0.2, 0.25) is 0 Å². The number of amides is 1. The number of hydrogen-bond acceptors (Lipinski definition) is 2. The Labute approximate surface area is 115 Å². The second-order valence-electron chi connectivity index (χ2n) is 5.80. The zero-order valence-electron chi connectivity index (χ0n) is 12.2. The molecule has 1 aliphatic rings. The highest BCUT2D eigenvalue weighted by Gasteiger charge is 2.25. The third kappa shape index (κ3) is 2.94. The number of carbonyl (C=O) groups is 1. The van der Waals surface area contributed by atoms with Gasteiger partial charge in [0.25, 0.3) is 5.91 Å². The maximum absolute atomic E-state index is 12.6. The Bertz CT molecular complexity index is 442. The molecular weight excluding hydrogens is 238 g/mol. The third-order valence-electron chi connectivity index (χ3n) is 4.12. The van der Waals surface area contributed by atoms with E-state index >= 15 is 0 Å². The van der Waals surface area contributed by atoms with Crippen molar-refractivity contribution in [2.75, 3.05) is 18.8 Å². The van der Waals surface area contributed by atoms with Crippen molar-refractivity contribution in [3.05, 3.63) is 18.0 Å². The maximum atomic E-state index is 12.6. The number of nitrogen functional groups attached to an aromatic ring is 1. The van der Waals surface area contributed by atoms with Crippen LogP contribution in [0, 0.1) is 5.92 Å². The van der Waals surface area contributed by atoms with Gasteiger partial charge in [0.1, 0.15) is 5.69 Å². The highest BCUT2D eigenvalue weighted by molar-refractivity contribution is 5.94. The van der Waals surface area contributed by atoms with E-state index in [0.29, 0.717) is 5.69 Å². The SMILES string of the molecule is CCC1CCN(C(=O)c2cc(N)cn2C(C)C)CC1. The largest absolute Gasteiger partial charge is 0.397 e. The van der Waals surface area contributed by atoms with Crippen molar-refractivity contribution in [2.24, 2.45) is 5.92 Å². The van der Waals surface area contributed by atoms with E-state index in [0.717, 1.165) is 37.5 Å². The minimum absolute atomic E-state index is 0.125. The first-order valence-electron chi connectivity index (χ1n) is 7.29. The first-order valence-corrected chi connectivity index (χ1v) is 7.29. The van der Waals surface area contributed by atoms with Crippen molar-refractivity contribution in [3.63, 3.8) is 0 Å². The topological polar surface area (TPSA) is 51.3 Å². The van der Waals surface area contributed by atoms with Gasteiger partial charge in [-0.15, -0.1) is 0 Å². The van der Waals surface area contributed by atoms with Gasteiger partial charge in [-0.3, -0.25) is 4.79 Å². The minimum atomic E-state index is 0.125. The molecule has 1 amide bonds. The predicted octanol–water partition coefficient (Wildman–Crippen LogP) is 2.91. The standard InChI is InChI=1S/C15H25N3O/c1-4-12-5-7-17(8-6-12)15(19)14-9-13(16)10-18(14)11(2)3/h9-12H,4-8,16H2,1-3H3. The molecule has 0 spiro atoms. The van der Waals surface area contributed by atoms with Crippen LogP contribution >= 0.6 is 0 Å². The molecular formula is C15H25N3O. The number of likely N-dealkylation sites (tertiary alicyclic amines) is 1. The number of hydrogen-bond donors (Lipinski definition) is 1. The number of nitrogens with two attached hydrogens (primary N) is 1. The van der Waals surface area contributed by atoms with E-state index in [1.807, 2.05) is 15.7 Å². The van der Waals surface area contributed by atoms with Crippen LogP contribution in [0.15, 0.2) is 12.3 Å². The summed E-state index contributed by atoms with van der Waals surface area (Å²) in [6.07, 6.45) is 5.33. The molecule has 2 heterocycles. The molecule has 4 nitrogen and oxygen atoms in total.